The van der Waals surface area contributed by atoms with Gasteiger partial charge in [-0.15, -0.1) is 0 Å². The van der Waals surface area contributed by atoms with Gasteiger partial charge in [-0.05, 0) is 23.8 Å². The van der Waals surface area contributed by atoms with Gasteiger partial charge in [0.1, 0.15) is 17.2 Å². The number of phenolic OH excluding ortho intramolecular Hbond substituents is 1. The Morgan fingerprint density at radius 2 is 1.84 bits per heavy atom. The minimum atomic E-state index is -0.431. The summed E-state index contributed by atoms with van der Waals surface area (Å²) in [5, 5.41) is 10.8. The summed E-state index contributed by atoms with van der Waals surface area (Å²) in [6, 6.07) is 6.88. The number of hydrogen-bond acceptors (Lipinski definition) is 6. The average molecular weight is 429 g/mol. The SMILES string of the molecule is COc1cc(O)c(C(CC(=O)N2CC(C)C[C@H](C)C2)c2ccc(OC)nc2)c(OC)c1. The van der Waals surface area contributed by atoms with E-state index in [1.165, 1.54) is 20.3 Å². The van der Waals surface area contributed by atoms with Gasteiger partial charge in [0, 0.05) is 55.4 Å². The molecule has 1 aromatic carbocycles. The van der Waals surface area contributed by atoms with Gasteiger partial charge in [0.25, 0.3) is 0 Å². The van der Waals surface area contributed by atoms with Crippen LogP contribution in [0.2, 0.25) is 0 Å². The molecule has 168 valence electrons. The lowest BCUT2D eigenvalue weighted by molar-refractivity contribution is -0.134. The third-order valence-corrected chi connectivity index (χ3v) is 5.87. The first-order valence-electron chi connectivity index (χ1n) is 10.6. The molecule has 0 spiro atoms. The monoisotopic (exact) mass is 428 g/mol. The number of methoxy groups -OCH3 is 3. The van der Waals surface area contributed by atoms with E-state index in [0.29, 0.717) is 34.8 Å². The van der Waals surface area contributed by atoms with Gasteiger partial charge in [-0.1, -0.05) is 19.9 Å². The highest BCUT2D eigenvalue weighted by molar-refractivity contribution is 5.78. The third-order valence-electron chi connectivity index (χ3n) is 5.87. The summed E-state index contributed by atoms with van der Waals surface area (Å²) in [5.74, 6) is 2.01. The number of carbonyl (C=O) groups is 1. The standard InChI is InChI=1S/C24H32N2O5/c1-15-8-16(2)14-26(13-15)23(28)11-19(17-6-7-22(31-5)25-12-17)24-20(27)9-18(29-3)10-21(24)30-4/h6-7,9-10,12,15-16,19,27H,8,11,13-14H2,1-5H3/t15-,16?,19?/m0/s1. The summed E-state index contributed by atoms with van der Waals surface area (Å²) in [6.07, 6.45) is 3.01. The van der Waals surface area contributed by atoms with Crippen LogP contribution < -0.4 is 14.2 Å². The molecule has 2 aromatic rings. The molecule has 1 fully saturated rings. The number of likely N-dealkylation sites (tertiary alicyclic amines) is 1. The molecule has 0 saturated carbocycles. The lowest BCUT2D eigenvalue weighted by atomic mass is 9.86. The molecule has 1 aliphatic rings. The maximum Gasteiger partial charge on any atom is 0.223 e. The van der Waals surface area contributed by atoms with Crippen molar-refractivity contribution in [2.24, 2.45) is 11.8 Å². The first-order chi connectivity index (χ1) is 14.9. The number of piperidine rings is 1. The minimum Gasteiger partial charge on any atom is -0.507 e. The zero-order valence-electron chi connectivity index (χ0n) is 18.9. The topological polar surface area (TPSA) is 81.1 Å². The molecule has 31 heavy (non-hydrogen) atoms. The van der Waals surface area contributed by atoms with E-state index in [9.17, 15) is 9.90 Å². The third kappa shape index (κ3) is 5.21. The van der Waals surface area contributed by atoms with Crippen LogP contribution in [0.4, 0.5) is 0 Å². The van der Waals surface area contributed by atoms with E-state index in [1.54, 1.807) is 25.4 Å². The van der Waals surface area contributed by atoms with Crippen LogP contribution in [0.3, 0.4) is 0 Å². The summed E-state index contributed by atoms with van der Waals surface area (Å²) in [7, 11) is 4.62. The fraction of sp³-hybridized carbons (Fsp3) is 0.500. The Labute approximate surface area is 184 Å². The van der Waals surface area contributed by atoms with Crippen molar-refractivity contribution in [3.63, 3.8) is 0 Å². The highest BCUT2D eigenvalue weighted by Crippen LogP contribution is 2.43. The number of phenols is 1. The van der Waals surface area contributed by atoms with E-state index in [-0.39, 0.29) is 18.1 Å². The molecule has 1 saturated heterocycles. The van der Waals surface area contributed by atoms with Crippen molar-refractivity contribution in [3.8, 4) is 23.1 Å². The van der Waals surface area contributed by atoms with Gasteiger partial charge in [-0.2, -0.15) is 0 Å². The molecule has 3 atom stereocenters. The van der Waals surface area contributed by atoms with Crippen LogP contribution >= 0.6 is 0 Å². The number of aromatic nitrogens is 1. The van der Waals surface area contributed by atoms with Crippen LogP contribution in [0, 0.1) is 11.8 Å². The zero-order valence-corrected chi connectivity index (χ0v) is 18.9. The number of hydrogen-bond donors (Lipinski definition) is 1. The Hall–Kier alpha value is -2.96. The molecule has 0 bridgehead atoms. The summed E-state index contributed by atoms with van der Waals surface area (Å²) < 4.78 is 16.0. The van der Waals surface area contributed by atoms with Gasteiger partial charge < -0.3 is 24.2 Å². The molecule has 3 rings (SSSR count). The van der Waals surface area contributed by atoms with E-state index >= 15 is 0 Å². The molecule has 7 heteroatoms. The quantitative estimate of drug-likeness (QED) is 0.722. The fourth-order valence-corrected chi connectivity index (χ4v) is 4.50. The second-order valence-corrected chi connectivity index (χ2v) is 8.40. The predicted molar refractivity (Wildman–Crippen MR) is 118 cm³/mol. The molecule has 0 aliphatic carbocycles. The molecule has 2 heterocycles. The maximum absolute atomic E-state index is 13.3. The highest BCUT2D eigenvalue weighted by Gasteiger charge is 2.31. The fourth-order valence-electron chi connectivity index (χ4n) is 4.50. The molecule has 0 radical (unpaired) electrons. The largest absolute Gasteiger partial charge is 0.507 e. The summed E-state index contributed by atoms with van der Waals surface area (Å²) >= 11 is 0. The second-order valence-electron chi connectivity index (χ2n) is 8.40. The van der Waals surface area contributed by atoms with Crippen molar-refractivity contribution in [2.45, 2.75) is 32.6 Å². The molecule has 7 nitrogen and oxygen atoms in total. The van der Waals surface area contributed by atoms with Crippen molar-refractivity contribution in [1.29, 1.82) is 0 Å². The number of carbonyl (C=O) groups excluding carboxylic acids is 1. The van der Waals surface area contributed by atoms with Crippen LogP contribution in [0.15, 0.2) is 30.5 Å². The number of benzene rings is 1. The van der Waals surface area contributed by atoms with Crippen molar-refractivity contribution >= 4 is 5.91 Å². The molecule has 2 unspecified atom stereocenters. The molecular formula is C24H32N2O5. The van der Waals surface area contributed by atoms with Gasteiger partial charge in [0.2, 0.25) is 11.8 Å². The Morgan fingerprint density at radius 3 is 2.39 bits per heavy atom. The van der Waals surface area contributed by atoms with Gasteiger partial charge in [-0.3, -0.25) is 4.79 Å². The number of pyridine rings is 1. The second kappa shape index (κ2) is 9.90. The highest BCUT2D eigenvalue weighted by atomic mass is 16.5. The first kappa shape index (κ1) is 22.7. The molecule has 1 aromatic heterocycles. The van der Waals surface area contributed by atoms with Crippen molar-refractivity contribution in [1.82, 2.24) is 9.88 Å². The molecule has 1 N–H and O–H groups in total. The lowest BCUT2D eigenvalue weighted by Gasteiger charge is -2.36. The number of rotatable bonds is 7. The van der Waals surface area contributed by atoms with Crippen LogP contribution in [0.1, 0.15) is 43.7 Å². The number of amides is 1. The predicted octanol–water partition coefficient (Wildman–Crippen LogP) is 3.84. The van der Waals surface area contributed by atoms with Crippen LogP contribution in [0.5, 0.6) is 23.1 Å². The lowest BCUT2D eigenvalue weighted by Crippen LogP contribution is -2.43. The van der Waals surface area contributed by atoms with Gasteiger partial charge >= 0.3 is 0 Å². The number of aromatic hydroxyl groups is 1. The Kier molecular flexibility index (Phi) is 7.25. The molecule has 1 amide bonds. The average Bonchev–Trinajstić information content (AvgIpc) is 2.76. The van der Waals surface area contributed by atoms with Gasteiger partial charge in [-0.25, -0.2) is 4.98 Å². The summed E-state index contributed by atoms with van der Waals surface area (Å²) in [5.41, 5.74) is 1.34. The smallest absolute Gasteiger partial charge is 0.223 e. The van der Waals surface area contributed by atoms with E-state index in [1.807, 2.05) is 11.0 Å². The summed E-state index contributed by atoms with van der Waals surface area (Å²) in [4.78, 5) is 19.6. The normalized spacial score (nSPS) is 19.6. The van der Waals surface area contributed by atoms with Crippen molar-refractivity contribution in [2.75, 3.05) is 34.4 Å². The van der Waals surface area contributed by atoms with Crippen LogP contribution in [0.25, 0.3) is 0 Å². The van der Waals surface area contributed by atoms with Crippen LogP contribution in [-0.4, -0.2) is 55.3 Å². The zero-order chi connectivity index (χ0) is 22.5. The summed E-state index contributed by atoms with van der Waals surface area (Å²) in [6.45, 7) is 5.86. The Bertz CT molecular complexity index is 890. The van der Waals surface area contributed by atoms with Gasteiger partial charge in [0.15, 0.2) is 0 Å². The molecular weight excluding hydrogens is 396 g/mol. The minimum absolute atomic E-state index is 0.0187. The van der Waals surface area contributed by atoms with E-state index in [2.05, 4.69) is 18.8 Å². The maximum atomic E-state index is 13.3. The Balaban J connectivity index is 2.00. The van der Waals surface area contributed by atoms with E-state index < -0.39 is 5.92 Å². The van der Waals surface area contributed by atoms with Crippen LogP contribution in [-0.2, 0) is 4.79 Å². The van der Waals surface area contributed by atoms with Crippen molar-refractivity contribution in [3.05, 3.63) is 41.6 Å². The molecule has 1 aliphatic heterocycles. The first-order valence-corrected chi connectivity index (χ1v) is 10.6. The van der Waals surface area contributed by atoms with E-state index in [4.69, 9.17) is 14.2 Å². The van der Waals surface area contributed by atoms with Gasteiger partial charge in [0.05, 0.1) is 21.3 Å². The van der Waals surface area contributed by atoms with E-state index in [0.717, 1.165) is 25.1 Å². The van der Waals surface area contributed by atoms with Crippen molar-refractivity contribution < 1.29 is 24.1 Å². The number of nitrogens with zero attached hydrogens (tertiary/aromatic N) is 2. The number of ether oxygens (including phenoxy) is 3. The Morgan fingerprint density at radius 1 is 1.13 bits per heavy atom.